The van der Waals surface area contributed by atoms with E-state index < -0.39 is 0 Å². The highest BCUT2D eigenvalue weighted by molar-refractivity contribution is 5.93. The predicted octanol–water partition coefficient (Wildman–Crippen LogP) is 3.89. The van der Waals surface area contributed by atoms with Crippen LogP contribution in [-0.4, -0.2) is 25.5 Å². The van der Waals surface area contributed by atoms with Crippen molar-refractivity contribution < 1.29 is 4.79 Å². The minimum absolute atomic E-state index is 0.0545. The SMILES string of the molecule is CCN(CC)c1ccc(NC(=O)CNc2ccc(C)cc2)cc1. The van der Waals surface area contributed by atoms with Crippen LogP contribution in [0, 0.1) is 6.92 Å². The van der Waals surface area contributed by atoms with Gasteiger partial charge in [-0.05, 0) is 57.2 Å². The molecule has 0 aliphatic carbocycles. The number of amides is 1. The van der Waals surface area contributed by atoms with Crippen molar-refractivity contribution in [2.24, 2.45) is 0 Å². The Hall–Kier alpha value is -2.49. The molecule has 2 rings (SSSR count). The maximum Gasteiger partial charge on any atom is 0.243 e. The Bertz CT molecular complexity index is 616. The fraction of sp³-hybridized carbons (Fsp3) is 0.316. The normalized spacial score (nSPS) is 10.2. The molecule has 122 valence electrons. The smallest absolute Gasteiger partial charge is 0.243 e. The zero-order valence-electron chi connectivity index (χ0n) is 14.1. The zero-order valence-corrected chi connectivity index (χ0v) is 14.1. The second kappa shape index (κ2) is 8.22. The summed E-state index contributed by atoms with van der Waals surface area (Å²) in [6.07, 6.45) is 0. The van der Waals surface area contributed by atoms with Gasteiger partial charge in [0.25, 0.3) is 0 Å². The van der Waals surface area contributed by atoms with Crippen LogP contribution in [0.5, 0.6) is 0 Å². The monoisotopic (exact) mass is 311 g/mol. The third-order valence-electron chi connectivity index (χ3n) is 3.78. The summed E-state index contributed by atoms with van der Waals surface area (Å²) in [6, 6.07) is 15.9. The highest BCUT2D eigenvalue weighted by atomic mass is 16.1. The molecule has 0 spiro atoms. The van der Waals surface area contributed by atoms with E-state index >= 15 is 0 Å². The fourth-order valence-corrected chi connectivity index (χ4v) is 2.40. The van der Waals surface area contributed by atoms with Crippen molar-refractivity contribution in [3.63, 3.8) is 0 Å². The van der Waals surface area contributed by atoms with E-state index in [4.69, 9.17) is 0 Å². The minimum Gasteiger partial charge on any atom is -0.376 e. The molecule has 0 heterocycles. The molecule has 0 radical (unpaired) electrons. The van der Waals surface area contributed by atoms with Crippen molar-refractivity contribution in [2.45, 2.75) is 20.8 Å². The van der Waals surface area contributed by atoms with Gasteiger partial charge in [-0.1, -0.05) is 17.7 Å². The quantitative estimate of drug-likeness (QED) is 0.815. The average molecular weight is 311 g/mol. The predicted molar refractivity (Wildman–Crippen MR) is 98.3 cm³/mol. The molecular formula is C19H25N3O. The molecule has 0 saturated heterocycles. The van der Waals surface area contributed by atoms with Gasteiger partial charge in [0, 0.05) is 30.2 Å². The Morgan fingerprint density at radius 1 is 0.913 bits per heavy atom. The molecule has 0 bridgehead atoms. The van der Waals surface area contributed by atoms with Gasteiger partial charge in [-0.25, -0.2) is 0 Å². The lowest BCUT2D eigenvalue weighted by atomic mass is 10.2. The number of hydrogen-bond acceptors (Lipinski definition) is 3. The summed E-state index contributed by atoms with van der Waals surface area (Å²) in [4.78, 5) is 14.3. The van der Waals surface area contributed by atoms with Crippen LogP contribution in [0.25, 0.3) is 0 Å². The Morgan fingerprint density at radius 3 is 2.04 bits per heavy atom. The third-order valence-corrected chi connectivity index (χ3v) is 3.78. The number of carbonyl (C=O) groups excluding carboxylic acids is 1. The van der Waals surface area contributed by atoms with E-state index in [9.17, 15) is 4.79 Å². The van der Waals surface area contributed by atoms with Crippen LogP contribution >= 0.6 is 0 Å². The van der Waals surface area contributed by atoms with E-state index in [1.807, 2.05) is 55.5 Å². The molecule has 1 amide bonds. The van der Waals surface area contributed by atoms with Crippen molar-refractivity contribution in [3.8, 4) is 0 Å². The van der Waals surface area contributed by atoms with Crippen molar-refractivity contribution in [1.29, 1.82) is 0 Å². The van der Waals surface area contributed by atoms with E-state index in [0.717, 1.165) is 24.5 Å². The summed E-state index contributed by atoms with van der Waals surface area (Å²) in [5, 5.41) is 6.03. The Labute approximate surface area is 138 Å². The van der Waals surface area contributed by atoms with Gasteiger partial charge < -0.3 is 15.5 Å². The molecule has 0 unspecified atom stereocenters. The van der Waals surface area contributed by atoms with Gasteiger partial charge in [0.05, 0.1) is 6.54 Å². The van der Waals surface area contributed by atoms with Gasteiger partial charge in [0.2, 0.25) is 5.91 Å². The number of benzene rings is 2. The maximum atomic E-state index is 12.0. The molecule has 4 nitrogen and oxygen atoms in total. The van der Waals surface area contributed by atoms with Crippen molar-refractivity contribution in [2.75, 3.05) is 35.2 Å². The lowest BCUT2D eigenvalue weighted by Crippen LogP contribution is -2.23. The number of nitrogens with one attached hydrogen (secondary N) is 2. The lowest BCUT2D eigenvalue weighted by Gasteiger charge is -2.21. The first-order valence-electron chi connectivity index (χ1n) is 8.07. The molecule has 0 aliphatic heterocycles. The van der Waals surface area contributed by atoms with Gasteiger partial charge in [0.1, 0.15) is 0 Å². The summed E-state index contributed by atoms with van der Waals surface area (Å²) < 4.78 is 0. The number of rotatable bonds is 7. The molecule has 4 heteroatoms. The van der Waals surface area contributed by atoms with E-state index in [-0.39, 0.29) is 12.5 Å². The summed E-state index contributed by atoms with van der Waals surface area (Å²) in [5.41, 5.74) is 4.14. The first kappa shape index (κ1) is 16.9. The Morgan fingerprint density at radius 2 is 1.48 bits per heavy atom. The number of carbonyl (C=O) groups is 1. The summed E-state index contributed by atoms with van der Waals surface area (Å²) >= 11 is 0. The van der Waals surface area contributed by atoms with Crippen LogP contribution in [0.3, 0.4) is 0 Å². The van der Waals surface area contributed by atoms with E-state index in [2.05, 4.69) is 29.4 Å². The summed E-state index contributed by atoms with van der Waals surface area (Å²) in [7, 11) is 0. The first-order valence-corrected chi connectivity index (χ1v) is 8.07. The molecule has 0 aromatic heterocycles. The van der Waals surface area contributed by atoms with Crippen LogP contribution in [0.15, 0.2) is 48.5 Å². The average Bonchev–Trinajstić information content (AvgIpc) is 2.57. The largest absolute Gasteiger partial charge is 0.376 e. The van der Waals surface area contributed by atoms with Crippen molar-refractivity contribution in [3.05, 3.63) is 54.1 Å². The third kappa shape index (κ3) is 5.02. The standard InChI is InChI=1S/C19H25N3O/c1-4-22(5-2)18-12-10-17(11-13-18)21-19(23)14-20-16-8-6-15(3)7-9-16/h6-13,20H,4-5,14H2,1-3H3,(H,21,23). The molecule has 0 fully saturated rings. The van der Waals surface area contributed by atoms with Gasteiger partial charge in [0.15, 0.2) is 0 Å². The molecule has 2 aromatic carbocycles. The van der Waals surface area contributed by atoms with Gasteiger partial charge in [-0.15, -0.1) is 0 Å². The van der Waals surface area contributed by atoms with Crippen molar-refractivity contribution in [1.82, 2.24) is 0 Å². The summed E-state index contributed by atoms with van der Waals surface area (Å²) in [6.45, 7) is 8.51. The molecule has 2 aromatic rings. The van der Waals surface area contributed by atoms with Gasteiger partial charge in [-0.2, -0.15) is 0 Å². The number of nitrogens with zero attached hydrogens (tertiary/aromatic N) is 1. The Balaban J connectivity index is 1.86. The highest BCUT2D eigenvalue weighted by Gasteiger charge is 2.04. The van der Waals surface area contributed by atoms with E-state index in [1.165, 1.54) is 11.3 Å². The molecule has 0 aliphatic rings. The van der Waals surface area contributed by atoms with E-state index in [1.54, 1.807) is 0 Å². The fourth-order valence-electron chi connectivity index (χ4n) is 2.40. The minimum atomic E-state index is -0.0545. The molecular weight excluding hydrogens is 286 g/mol. The van der Waals surface area contributed by atoms with Crippen LogP contribution in [0.1, 0.15) is 19.4 Å². The van der Waals surface area contributed by atoms with Crippen LogP contribution < -0.4 is 15.5 Å². The van der Waals surface area contributed by atoms with Crippen LogP contribution in [0.4, 0.5) is 17.1 Å². The van der Waals surface area contributed by atoms with Gasteiger partial charge >= 0.3 is 0 Å². The second-order valence-electron chi connectivity index (χ2n) is 5.49. The number of aryl methyl sites for hydroxylation is 1. The molecule has 0 atom stereocenters. The topological polar surface area (TPSA) is 44.4 Å². The Kier molecular flexibility index (Phi) is 6.03. The molecule has 0 saturated carbocycles. The van der Waals surface area contributed by atoms with Crippen molar-refractivity contribution >= 4 is 23.0 Å². The number of anilines is 3. The highest BCUT2D eigenvalue weighted by Crippen LogP contribution is 2.17. The van der Waals surface area contributed by atoms with E-state index in [0.29, 0.717) is 0 Å². The number of hydrogen-bond donors (Lipinski definition) is 2. The maximum absolute atomic E-state index is 12.0. The van der Waals surface area contributed by atoms with Crippen LogP contribution in [-0.2, 0) is 4.79 Å². The molecule has 23 heavy (non-hydrogen) atoms. The zero-order chi connectivity index (χ0) is 16.7. The second-order valence-corrected chi connectivity index (χ2v) is 5.49. The summed E-state index contributed by atoms with van der Waals surface area (Å²) in [5.74, 6) is -0.0545. The lowest BCUT2D eigenvalue weighted by molar-refractivity contribution is -0.114. The van der Waals surface area contributed by atoms with Gasteiger partial charge in [-0.3, -0.25) is 4.79 Å². The van der Waals surface area contributed by atoms with Crippen LogP contribution in [0.2, 0.25) is 0 Å². The molecule has 2 N–H and O–H groups in total. The first-order chi connectivity index (χ1) is 11.1.